The van der Waals surface area contributed by atoms with Crippen molar-refractivity contribution in [3.63, 3.8) is 0 Å². The molecule has 0 aliphatic carbocycles. The predicted molar refractivity (Wildman–Crippen MR) is 79.0 cm³/mol. The summed E-state index contributed by atoms with van der Waals surface area (Å²) in [4.78, 5) is 0. The van der Waals surface area contributed by atoms with Crippen molar-refractivity contribution in [1.82, 2.24) is 0 Å². The summed E-state index contributed by atoms with van der Waals surface area (Å²) in [7, 11) is -1.14. The van der Waals surface area contributed by atoms with E-state index in [-0.39, 0.29) is 12.4 Å². The van der Waals surface area contributed by atoms with Gasteiger partial charge in [0.1, 0.15) is 8.80 Å². The van der Waals surface area contributed by atoms with Gasteiger partial charge in [0.2, 0.25) is 0 Å². The molecule has 0 atom stereocenters. The SMILES string of the molecule is CC(C)(C)[SiH](c1ccccc1)c1ccccc1.[Cl-]. The Morgan fingerprint density at radius 1 is 0.667 bits per heavy atom. The Balaban J connectivity index is 0.00000162. The highest BCUT2D eigenvalue weighted by Gasteiger charge is 2.29. The molecule has 2 aromatic rings. The minimum Gasteiger partial charge on any atom is -1.00 e. The van der Waals surface area contributed by atoms with Crippen molar-refractivity contribution < 1.29 is 12.4 Å². The Kier molecular flexibility index (Phi) is 5.18. The molecule has 0 amide bonds. The fraction of sp³-hybridized carbons (Fsp3) is 0.250. The van der Waals surface area contributed by atoms with Gasteiger partial charge in [-0.2, -0.15) is 0 Å². The maximum absolute atomic E-state index is 2.36. The Bertz CT molecular complexity index is 420. The largest absolute Gasteiger partial charge is 1.00 e. The topological polar surface area (TPSA) is 0 Å². The van der Waals surface area contributed by atoms with Crippen LogP contribution in [-0.4, -0.2) is 8.80 Å². The fourth-order valence-corrected chi connectivity index (χ4v) is 6.08. The third-order valence-electron chi connectivity index (χ3n) is 3.13. The van der Waals surface area contributed by atoms with Crippen molar-refractivity contribution in [1.29, 1.82) is 0 Å². The van der Waals surface area contributed by atoms with Crippen molar-refractivity contribution in [2.75, 3.05) is 0 Å². The number of benzene rings is 2. The number of rotatable bonds is 2. The van der Waals surface area contributed by atoms with Crippen molar-refractivity contribution in [3.05, 3.63) is 60.7 Å². The first kappa shape index (κ1) is 15.0. The molecule has 96 valence electrons. The van der Waals surface area contributed by atoms with Crippen LogP contribution in [0.1, 0.15) is 20.8 Å². The van der Waals surface area contributed by atoms with Crippen molar-refractivity contribution in [2.24, 2.45) is 0 Å². The number of hydrogen-bond donors (Lipinski definition) is 0. The Labute approximate surface area is 118 Å². The zero-order valence-electron chi connectivity index (χ0n) is 11.2. The predicted octanol–water partition coefficient (Wildman–Crippen LogP) is -0.168. The molecule has 0 saturated carbocycles. The molecular weight excluding hydrogens is 256 g/mol. The van der Waals surface area contributed by atoms with Crippen LogP contribution in [0, 0.1) is 0 Å². The highest BCUT2D eigenvalue weighted by Crippen LogP contribution is 2.26. The molecule has 0 nitrogen and oxygen atoms in total. The standard InChI is InChI=1S/C16H20Si.ClH/c1-16(2,3)17(14-10-6-4-7-11-14)15-12-8-5-9-13-15;/h4-13,17H,1-3H3;1H/p-1. The highest BCUT2D eigenvalue weighted by atomic mass is 35.5. The van der Waals surface area contributed by atoms with Crippen LogP contribution in [0.5, 0.6) is 0 Å². The molecule has 0 aliphatic rings. The molecule has 0 unspecified atom stereocenters. The zero-order valence-corrected chi connectivity index (χ0v) is 13.1. The fourth-order valence-electron chi connectivity index (χ4n) is 2.48. The molecule has 2 aromatic carbocycles. The van der Waals surface area contributed by atoms with Gasteiger partial charge in [-0.15, -0.1) is 0 Å². The van der Waals surface area contributed by atoms with Gasteiger partial charge in [-0.3, -0.25) is 0 Å². The molecule has 0 radical (unpaired) electrons. The number of halogens is 1. The van der Waals surface area contributed by atoms with Gasteiger partial charge in [-0.05, 0) is 5.04 Å². The van der Waals surface area contributed by atoms with Gasteiger partial charge in [0.25, 0.3) is 0 Å². The summed E-state index contributed by atoms with van der Waals surface area (Å²) < 4.78 is 0. The molecule has 0 heterocycles. The van der Waals surface area contributed by atoms with E-state index in [9.17, 15) is 0 Å². The third-order valence-corrected chi connectivity index (χ3v) is 6.97. The monoisotopic (exact) mass is 275 g/mol. The van der Waals surface area contributed by atoms with Gasteiger partial charge >= 0.3 is 0 Å². The first-order chi connectivity index (χ1) is 8.09. The van der Waals surface area contributed by atoms with Crippen molar-refractivity contribution >= 4 is 19.2 Å². The average Bonchev–Trinajstić information content (AvgIpc) is 2.30. The molecule has 2 rings (SSSR count). The lowest BCUT2D eigenvalue weighted by molar-refractivity contribution is -0.00000372. The molecule has 0 spiro atoms. The first-order valence-electron chi connectivity index (χ1n) is 6.19. The smallest absolute Gasteiger partial charge is 0.108 e. The highest BCUT2D eigenvalue weighted by molar-refractivity contribution is 6.87. The lowest BCUT2D eigenvalue weighted by Crippen LogP contribution is -3.00. The third kappa shape index (κ3) is 3.47. The van der Waals surface area contributed by atoms with E-state index in [4.69, 9.17) is 0 Å². The van der Waals surface area contributed by atoms with Crippen LogP contribution in [-0.2, 0) is 0 Å². The van der Waals surface area contributed by atoms with Crippen LogP contribution in [0.3, 0.4) is 0 Å². The van der Waals surface area contributed by atoms with E-state index in [0.29, 0.717) is 5.04 Å². The van der Waals surface area contributed by atoms with Crippen LogP contribution in [0.2, 0.25) is 5.04 Å². The van der Waals surface area contributed by atoms with Crippen LogP contribution in [0.4, 0.5) is 0 Å². The Hall–Kier alpha value is -1.05. The maximum Gasteiger partial charge on any atom is 0.108 e. The quantitative estimate of drug-likeness (QED) is 0.668. The summed E-state index contributed by atoms with van der Waals surface area (Å²) in [5.41, 5.74) is 0. The van der Waals surface area contributed by atoms with Gasteiger partial charge in [0, 0.05) is 0 Å². The lowest BCUT2D eigenvalue weighted by atomic mass is 10.2. The van der Waals surface area contributed by atoms with Crippen LogP contribution < -0.4 is 22.8 Å². The van der Waals surface area contributed by atoms with Gasteiger partial charge < -0.3 is 12.4 Å². The van der Waals surface area contributed by atoms with Crippen LogP contribution in [0.25, 0.3) is 0 Å². The second-order valence-electron chi connectivity index (χ2n) is 5.62. The minimum absolute atomic E-state index is 0. The summed E-state index contributed by atoms with van der Waals surface area (Å²) in [6.45, 7) is 7.09. The molecule has 0 fully saturated rings. The summed E-state index contributed by atoms with van der Waals surface area (Å²) in [6, 6.07) is 22.0. The van der Waals surface area contributed by atoms with Gasteiger partial charge in [0.05, 0.1) is 0 Å². The summed E-state index contributed by atoms with van der Waals surface area (Å²) in [6.07, 6.45) is 0. The van der Waals surface area contributed by atoms with E-state index >= 15 is 0 Å². The van der Waals surface area contributed by atoms with Crippen LogP contribution in [0.15, 0.2) is 60.7 Å². The van der Waals surface area contributed by atoms with Gasteiger partial charge in [0.15, 0.2) is 0 Å². The second kappa shape index (κ2) is 6.21. The number of hydrogen-bond acceptors (Lipinski definition) is 0. The second-order valence-corrected chi connectivity index (χ2v) is 9.55. The molecule has 2 heteroatoms. The van der Waals surface area contributed by atoms with E-state index in [1.165, 1.54) is 10.4 Å². The van der Waals surface area contributed by atoms with Crippen molar-refractivity contribution in [2.45, 2.75) is 25.8 Å². The molecule has 0 aliphatic heterocycles. The summed E-state index contributed by atoms with van der Waals surface area (Å²) in [5, 5.41) is 3.43. The first-order valence-corrected chi connectivity index (χ1v) is 7.92. The Morgan fingerprint density at radius 2 is 1.00 bits per heavy atom. The normalized spacial score (nSPS) is 11.1. The van der Waals surface area contributed by atoms with E-state index in [1.54, 1.807) is 0 Å². The molecular formula is C16H20ClSi-. The Morgan fingerprint density at radius 3 is 1.28 bits per heavy atom. The van der Waals surface area contributed by atoms with E-state index in [2.05, 4.69) is 81.4 Å². The average molecular weight is 276 g/mol. The maximum atomic E-state index is 2.36. The van der Waals surface area contributed by atoms with Crippen LogP contribution >= 0.6 is 0 Å². The molecule has 0 saturated heterocycles. The van der Waals surface area contributed by atoms with Gasteiger partial charge in [-0.25, -0.2) is 0 Å². The van der Waals surface area contributed by atoms with E-state index in [1.807, 2.05) is 0 Å². The van der Waals surface area contributed by atoms with Gasteiger partial charge in [-0.1, -0.05) is 91.8 Å². The lowest BCUT2D eigenvalue weighted by Gasteiger charge is -2.30. The molecule has 0 bridgehead atoms. The van der Waals surface area contributed by atoms with Crippen molar-refractivity contribution in [3.8, 4) is 0 Å². The van der Waals surface area contributed by atoms with E-state index < -0.39 is 8.80 Å². The zero-order chi connectivity index (χ0) is 12.3. The summed E-state index contributed by atoms with van der Waals surface area (Å²) in [5.74, 6) is 0. The molecule has 0 aromatic heterocycles. The van der Waals surface area contributed by atoms with E-state index in [0.717, 1.165) is 0 Å². The molecule has 18 heavy (non-hydrogen) atoms. The molecule has 0 N–H and O–H groups in total. The minimum atomic E-state index is -1.14. The summed E-state index contributed by atoms with van der Waals surface area (Å²) >= 11 is 0.